The third-order valence-electron chi connectivity index (χ3n) is 6.46. The fraction of sp³-hybridized carbons (Fsp3) is 0.500. The predicted molar refractivity (Wildman–Crippen MR) is 116 cm³/mol. The molecule has 2 unspecified atom stereocenters. The van der Waals surface area contributed by atoms with E-state index in [0.29, 0.717) is 23.6 Å². The predicted octanol–water partition coefficient (Wildman–Crippen LogP) is 3.16. The lowest BCUT2D eigenvalue weighted by Gasteiger charge is -2.45. The average Bonchev–Trinajstić information content (AvgIpc) is 2.94. The number of halogens is 1. The summed E-state index contributed by atoms with van der Waals surface area (Å²) in [5.41, 5.74) is 0.182. The molecule has 0 saturated carbocycles. The van der Waals surface area contributed by atoms with E-state index < -0.39 is 35.8 Å². The summed E-state index contributed by atoms with van der Waals surface area (Å²) in [6, 6.07) is 13.3. The third kappa shape index (κ3) is 3.65. The molecule has 4 atom stereocenters. The summed E-state index contributed by atoms with van der Waals surface area (Å²) < 4.78 is 18.1. The molecule has 168 valence electrons. The summed E-state index contributed by atoms with van der Waals surface area (Å²) >= 11 is 6.49. The average molecular weight is 449 g/mol. The summed E-state index contributed by atoms with van der Waals surface area (Å²) in [7, 11) is 0. The third-order valence-corrected chi connectivity index (χ3v) is 6.82. The second-order valence-electron chi connectivity index (χ2n) is 8.79. The van der Waals surface area contributed by atoms with Gasteiger partial charge in [-0.05, 0) is 62.6 Å². The van der Waals surface area contributed by atoms with Crippen LogP contribution in [-0.4, -0.2) is 51.9 Å². The van der Waals surface area contributed by atoms with E-state index in [9.17, 15) is 15.3 Å². The maximum absolute atomic E-state index is 10.6. The molecule has 31 heavy (non-hydrogen) atoms. The summed E-state index contributed by atoms with van der Waals surface area (Å²) in [5.74, 6) is -0.474. The van der Waals surface area contributed by atoms with E-state index in [1.54, 1.807) is 26.0 Å². The number of aliphatic hydroxyl groups excluding tert-OH is 3. The van der Waals surface area contributed by atoms with Crippen molar-refractivity contribution in [2.75, 3.05) is 13.2 Å². The van der Waals surface area contributed by atoms with Crippen LogP contribution in [0.15, 0.2) is 42.5 Å². The van der Waals surface area contributed by atoms with Crippen molar-refractivity contribution in [3.05, 3.63) is 64.2 Å². The zero-order valence-corrected chi connectivity index (χ0v) is 18.7. The van der Waals surface area contributed by atoms with Crippen molar-refractivity contribution < 1.29 is 29.5 Å². The fourth-order valence-corrected chi connectivity index (χ4v) is 4.91. The van der Waals surface area contributed by atoms with Crippen molar-refractivity contribution in [1.29, 1.82) is 0 Å². The highest BCUT2D eigenvalue weighted by atomic mass is 35.5. The molecule has 0 aliphatic carbocycles. The van der Waals surface area contributed by atoms with Gasteiger partial charge in [0.2, 0.25) is 0 Å². The Kier molecular flexibility index (Phi) is 5.83. The first-order chi connectivity index (χ1) is 14.7. The molecule has 2 fully saturated rings. The SMILES string of the molecule is CCOc1ccc(Cc2cc([C@@]34CC(O)[C@H](O)C(CO)(O3)C(C)(C)O4)ccc2Cl)cc1. The zero-order valence-electron chi connectivity index (χ0n) is 18.0. The van der Waals surface area contributed by atoms with Crippen molar-refractivity contribution in [3.63, 3.8) is 0 Å². The summed E-state index contributed by atoms with van der Waals surface area (Å²) in [4.78, 5) is 0. The molecule has 2 saturated heterocycles. The Morgan fingerprint density at radius 2 is 1.81 bits per heavy atom. The maximum Gasteiger partial charge on any atom is 0.199 e. The van der Waals surface area contributed by atoms with Gasteiger partial charge in [-0.2, -0.15) is 0 Å². The van der Waals surface area contributed by atoms with Crippen molar-refractivity contribution in [2.45, 2.75) is 62.8 Å². The molecule has 3 N–H and O–H groups in total. The molecule has 2 aliphatic heterocycles. The van der Waals surface area contributed by atoms with E-state index in [2.05, 4.69) is 0 Å². The van der Waals surface area contributed by atoms with Gasteiger partial charge in [0.05, 0.1) is 19.3 Å². The molecule has 2 aliphatic rings. The summed E-state index contributed by atoms with van der Waals surface area (Å²) in [5, 5.41) is 31.9. The van der Waals surface area contributed by atoms with Crippen molar-refractivity contribution in [3.8, 4) is 5.75 Å². The normalized spacial score (nSPS) is 31.6. The van der Waals surface area contributed by atoms with E-state index in [4.69, 9.17) is 25.8 Å². The highest BCUT2D eigenvalue weighted by Crippen LogP contribution is 2.57. The number of fused-ring (bicyclic) bond motifs is 2. The van der Waals surface area contributed by atoms with Crippen LogP contribution in [0.25, 0.3) is 0 Å². The Morgan fingerprint density at radius 3 is 2.45 bits per heavy atom. The lowest BCUT2D eigenvalue weighted by molar-refractivity contribution is -0.281. The summed E-state index contributed by atoms with van der Waals surface area (Å²) in [6.07, 6.45) is -1.73. The Balaban J connectivity index is 1.68. The highest BCUT2D eigenvalue weighted by Gasteiger charge is 2.70. The van der Waals surface area contributed by atoms with Crippen molar-refractivity contribution in [2.24, 2.45) is 0 Å². The zero-order chi connectivity index (χ0) is 22.4. The van der Waals surface area contributed by atoms with E-state index in [-0.39, 0.29) is 6.42 Å². The van der Waals surface area contributed by atoms with Gasteiger partial charge in [0.25, 0.3) is 0 Å². The number of hydrogen-bond acceptors (Lipinski definition) is 6. The maximum atomic E-state index is 10.6. The fourth-order valence-electron chi connectivity index (χ4n) is 4.72. The topological polar surface area (TPSA) is 88.4 Å². The van der Waals surface area contributed by atoms with Gasteiger partial charge >= 0.3 is 0 Å². The molecular formula is C24H29ClO6. The van der Waals surface area contributed by atoms with Gasteiger partial charge in [-0.3, -0.25) is 0 Å². The molecule has 4 rings (SSSR count). The monoisotopic (exact) mass is 448 g/mol. The van der Waals surface area contributed by atoms with Crippen LogP contribution in [0.1, 0.15) is 43.9 Å². The number of ether oxygens (including phenoxy) is 3. The highest BCUT2D eigenvalue weighted by molar-refractivity contribution is 6.31. The van der Waals surface area contributed by atoms with E-state index in [1.165, 1.54) is 0 Å². The quantitative estimate of drug-likeness (QED) is 0.629. The smallest absolute Gasteiger partial charge is 0.199 e. The lowest BCUT2D eigenvalue weighted by atomic mass is 9.77. The molecule has 0 spiro atoms. The molecule has 7 heteroatoms. The molecule has 0 amide bonds. The van der Waals surface area contributed by atoms with Crippen LogP contribution in [0.5, 0.6) is 5.75 Å². The molecule has 2 heterocycles. The first-order valence-corrected chi connectivity index (χ1v) is 10.9. The van der Waals surface area contributed by atoms with Gasteiger partial charge < -0.3 is 29.5 Å². The van der Waals surface area contributed by atoms with Crippen LogP contribution < -0.4 is 4.74 Å². The molecule has 0 radical (unpaired) electrons. The van der Waals surface area contributed by atoms with Gasteiger partial charge in [-0.15, -0.1) is 0 Å². The van der Waals surface area contributed by atoms with Gasteiger partial charge in [0, 0.05) is 17.0 Å². The molecule has 0 aromatic heterocycles. The molecule has 2 aromatic rings. The van der Waals surface area contributed by atoms with Gasteiger partial charge in [0.1, 0.15) is 17.5 Å². The van der Waals surface area contributed by atoms with Crippen LogP contribution in [0.4, 0.5) is 0 Å². The minimum absolute atomic E-state index is 0.0451. The number of hydrogen-bond donors (Lipinski definition) is 3. The van der Waals surface area contributed by atoms with Crippen LogP contribution >= 0.6 is 11.6 Å². The Labute approximate surface area is 187 Å². The second-order valence-corrected chi connectivity index (χ2v) is 9.20. The van der Waals surface area contributed by atoms with Gasteiger partial charge in [-0.25, -0.2) is 0 Å². The lowest BCUT2D eigenvalue weighted by Crippen LogP contribution is -2.64. The first kappa shape index (κ1) is 22.5. The van der Waals surface area contributed by atoms with Crippen LogP contribution in [0, 0.1) is 0 Å². The number of rotatable bonds is 6. The van der Waals surface area contributed by atoms with E-state index in [0.717, 1.165) is 16.9 Å². The van der Waals surface area contributed by atoms with Crippen molar-refractivity contribution >= 4 is 11.6 Å². The Morgan fingerprint density at radius 1 is 1.10 bits per heavy atom. The second kappa shape index (κ2) is 8.03. The number of aliphatic hydroxyl groups is 3. The minimum atomic E-state index is -1.43. The molecule has 6 nitrogen and oxygen atoms in total. The molecule has 2 aromatic carbocycles. The van der Waals surface area contributed by atoms with Gasteiger partial charge in [-0.1, -0.05) is 29.8 Å². The molecular weight excluding hydrogens is 420 g/mol. The van der Waals surface area contributed by atoms with Crippen LogP contribution in [-0.2, 0) is 21.7 Å². The Hall–Kier alpha value is -1.67. The Bertz CT molecular complexity index is 946. The first-order valence-electron chi connectivity index (χ1n) is 10.5. The molecule has 2 bridgehead atoms. The largest absolute Gasteiger partial charge is 0.494 e. The van der Waals surface area contributed by atoms with Gasteiger partial charge in [0.15, 0.2) is 11.4 Å². The minimum Gasteiger partial charge on any atom is -0.494 e. The summed E-state index contributed by atoms with van der Waals surface area (Å²) in [6.45, 7) is 5.58. The van der Waals surface area contributed by atoms with E-state index in [1.807, 2.05) is 37.3 Å². The van der Waals surface area contributed by atoms with Crippen molar-refractivity contribution in [1.82, 2.24) is 0 Å². The number of benzene rings is 2. The van der Waals surface area contributed by atoms with E-state index >= 15 is 0 Å². The van der Waals surface area contributed by atoms with Crippen LogP contribution in [0.3, 0.4) is 0 Å². The van der Waals surface area contributed by atoms with Crippen LogP contribution in [0.2, 0.25) is 5.02 Å². The standard InChI is InChI=1S/C24H29ClO6/c1-4-29-18-8-5-15(6-9-18)11-16-12-17(7-10-19(16)25)24-13-20(27)21(28)23(14-26,31-24)22(2,3)30-24/h5-10,12,20-21,26-28H,4,11,13-14H2,1-3H3/t20?,21-,23?,24+/m0/s1.